The quantitative estimate of drug-likeness (QED) is 0.931. The summed E-state index contributed by atoms with van der Waals surface area (Å²) in [6.45, 7) is 0. The molecule has 1 saturated carbocycles. The largest absolute Gasteiger partial charge is 0.326 e. The Hall–Kier alpha value is -1.07. The zero-order valence-electron chi connectivity index (χ0n) is 10.9. The highest BCUT2D eigenvalue weighted by molar-refractivity contribution is 7.92. The smallest absolute Gasteiger partial charge is 0.183 e. The first-order valence-corrected chi connectivity index (χ1v) is 8.72. The van der Waals surface area contributed by atoms with E-state index < -0.39 is 21.1 Å². The van der Waals surface area contributed by atoms with Crippen molar-refractivity contribution in [2.45, 2.75) is 22.1 Å². The van der Waals surface area contributed by atoms with E-state index in [1.165, 1.54) is 12.1 Å². The summed E-state index contributed by atoms with van der Waals surface area (Å²) >= 11 is 11.7. The second-order valence-electron chi connectivity index (χ2n) is 5.12. The molecule has 0 spiro atoms. The highest BCUT2D eigenvalue weighted by Gasteiger charge is 2.57. The molecular weight excluding hydrogens is 329 g/mol. The molecule has 2 aromatic rings. The lowest BCUT2D eigenvalue weighted by Gasteiger charge is -2.04. The number of hydrogen-bond acceptors (Lipinski definition) is 3. The summed E-state index contributed by atoms with van der Waals surface area (Å²) in [5.41, 5.74) is 6.86. The minimum absolute atomic E-state index is 0.218. The summed E-state index contributed by atoms with van der Waals surface area (Å²) < 4.78 is 25.3. The Bertz CT molecular complexity index is 775. The van der Waals surface area contributed by atoms with Gasteiger partial charge in [-0.15, -0.1) is 0 Å². The fourth-order valence-corrected chi connectivity index (χ4v) is 4.98. The summed E-state index contributed by atoms with van der Waals surface area (Å²) in [7, 11) is -3.47. The van der Waals surface area contributed by atoms with Crippen LogP contribution in [0.4, 0.5) is 0 Å². The van der Waals surface area contributed by atoms with Crippen molar-refractivity contribution < 1.29 is 8.42 Å². The van der Waals surface area contributed by atoms with Crippen molar-refractivity contribution in [2.75, 3.05) is 0 Å². The molecule has 110 valence electrons. The predicted octanol–water partition coefficient (Wildman–Crippen LogP) is 3.26. The van der Waals surface area contributed by atoms with Gasteiger partial charge in [0.05, 0.1) is 10.1 Å². The van der Waals surface area contributed by atoms with E-state index in [1.54, 1.807) is 30.3 Å². The van der Waals surface area contributed by atoms with Gasteiger partial charge in [0, 0.05) is 22.0 Å². The van der Waals surface area contributed by atoms with E-state index in [1.807, 2.05) is 6.07 Å². The van der Waals surface area contributed by atoms with E-state index >= 15 is 0 Å². The molecule has 6 heteroatoms. The van der Waals surface area contributed by atoms with E-state index in [0.717, 1.165) is 5.56 Å². The Morgan fingerprint density at radius 3 is 2.24 bits per heavy atom. The molecule has 0 radical (unpaired) electrons. The van der Waals surface area contributed by atoms with Crippen molar-refractivity contribution >= 4 is 33.0 Å². The van der Waals surface area contributed by atoms with Crippen LogP contribution in [-0.4, -0.2) is 19.7 Å². The van der Waals surface area contributed by atoms with Gasteiger partial charge in [-0.25, -0.2) is 8.42 Å². The maximum atomic E-state index is 12.6. The van der Waals surface area contributed by atoms with Crippen LogP contribution in [0.3, 0.4) is 0 Å². The van der Waals surface area contributed by atoms with Gasteiger partial charge in [0.2, 0.25) is 0 Å². The third kappa shape index (κ3) is 2.69. The normalized spacial score (nSPS) is 24.8. The second-order valence-corrected chi connectivity index (χ2v) is 8.10. The average molecular weight is 342 g/mol. The third-order valence-electron chi connectivity index (χ3n) is 3.74. The van der Waals surface area contributed by atoms with Crippen LogP contribution in [-0.2, 0) is 9.84 Å². The molecule has 0 bridgehead atoms. The third-order valence-corrected chi connectivity index (χ3v) is 6.48. The van der Waals surface area contributed by atoms with E-state index in [2.05, 4.69) is 0 Å². The van der Waals surface area contributed by atoms with Gasteiger partial charge in [-0.1, -0.05) is 35.3 Å². The van der Waals surface area contributed by atoms with E-state index in [4.69, 9.17) is 28.9 Å². The number of hydrogen-bond donors (Lipinski definition) is 1. The van der Waals surface area contributed by atoms with Crippen LogP contribution in [0.15, 0.2) is 53.4 Å². The van der Waals surface area contributed by atoms with Crippen molar-refractivity contribution in [3.05, 3.63) is 64.1 Å². The summed E-state index contributed by atoms with van der Waals surface area (Å²) in [6, 6.07) is 12.9. The second kappa shape index (κ2) is 5.29. The van der Waals surface area contributed by atoms with Crippen LogP contribution in [0.2, 0.25) is 10.0 Å². The number of halogens is 2. The highest BCUT2D eigenvalue weighted by Crippen LogP contribution is 2.47. The standard InChI is InChI=1S/C15H13Cl2NO2S/c16-10-4-6-12(7-5-10)21(19,20)15-13(14(15)18)9-2-1-3-11(17)8-9/h1-8,13-15H,18H2/t13-,14-,15+/m1/s1. The maximum absolute atomic E-state index is 12.6. The van der Waals surface area contributed by atoms with Gasteiger partial charge in [0.1, 0.15) is 0 Å². The molecule has 3 rings (SSSR count). The van der Waals surface area contributed by atoms with Crippen molar-refractivity contribution in [2.24, 2.45) is 5.73 Å². The average Bonchev–Trinajstić information content (AvgIpc) is 3.12. The van der Waals surface area contributed by atoms with Crippen molar-refractivity contribution in [3.8, 4) is 0 Å². The molecular formula is C15H13Cl2NO2S. The minimum Gasteiger partial charge on any atom is -0.326 e. The first-order chi connectivity index (χ1) is 9.91. The fraction of sp³-hybridized carbons (Fsp3) is 0.200. The van der Waals surface area contributed by atoms with Gasteiger partial charge < -0.3 is 5.73 Å². The van der Waals surface area contributed by atoms with Crippen LogP contribution in [0.25, 0.3) is 0 Å². The molecule has 0 amide bonds. The Kier molecular flexibility index (Phi) is 3.74. The topological polar surface area (TPSA) is 60.2 Å². The molecule has 1 aliphatic rings. The van der Waals surface area contributed by atoms with Gasteiger partial charge in [0.25, 0.3) is 0 Å². The predicted molar refractivity (Wildman–Crippen MR) is 84.6 cm³/mol. The van der Waals surface area contributed by atoms with E-state index in [0.29, 0.717) is 10.0 Å². The summed E-state index contributed by atoms with van der Waals surface area (Å²) in [5.74, 6) is -0.218. The first kappa shape index (κ1) is 14.9. The lowest BCUT2D eigenvalue weighted by Crippen LogP contribution is -2.15. The van der Waals surface area contributed by atoms with Gasteiger partial charge in [-0.2, -0.15) is 0 Å². The Balaban J connectivity index is 1.93. The van der Waals surface area contributed by atoms with E-state index in [9.17, 15) is 8.42 Å². The molecule has 0 heterocycles. The molecule has 0 unspecified atom stereocenters. The minimum atomic E-state index is -3.47. The van der Waals surface area contributed by atoms with Crippen LogP contribution in [0.1, 0.15) is 11.5 Å². The summed E-state index contributed by atoms with van der Waals surface area (Å²) in [5, 5.41) is 0.465. The van der Waals surface area contributed by atoms with Crippen molar-refractivity contribution in [1.29, 1.82) is 0 Å². The molecule has 0 saturated heterocycles. The first-order valence-electron chi connectivity index (χ1n) is 6.42. The Morgan fingerprint density at radius 2 is 1.62 bits per heavy atom. The number of rotatable bonds is 3. The molecule has 0 aromatic heterocycles. The van der Waals surface area contributed by atoms with Gasteiger partial charge in [-0.05, 0) is 42.0 Å². The zero-order valence-corrected chi connectivity index (χ0v) is 13.2. The molecule has 21 heavy (non-hydrogen) atoms. The van der Waals surface area contributed by atoms with Crippen molar-refractivity contribution in [3.63, 3.8) is 0 Å². The molecule has 3 atom stereocenters. The van der Waals surface area contributed by atoms with Crippen LogP contribution >= 0.6 is 23.2 Å². The number of sulfone groups is 1. The molecule has 2 aromatic carbocycles. The van der Waals surface area contributed by atoms with Crippen LogP contribution in [0, 0.1) is 0 Å². The van der Waals surface area contributed by atoms with E-state index in [-0.39, 0.29) is 10.8 Å². The summed E-state index contributed by atoms with van der Waals surface area (Å²) in [4.78, 5) is 0.247. The fourth-order valence-electron chi connectivity index (χ4n) is 2.61. The monoisotopic (exact) mass is 341 g/mol. The lowest BCUT2D eigenvalue weighted by atomic mass is 10.1. The molecule has 1 aliphatic carbocycles. The van der Waals surface area contributed by atoms with Crippen molar-refractivity contribution in [1.82, 2.24) is 0 Å². The van der Waals surface area contributed by atoms with Crippen LogP contribution in [0.5, 0.6) is 0 Å². The molecule has 3 nitrogen and oxygen atoms in total. The summed E-state index contributed by atoms with van der Waals surface area (Å²) in [6.07, 6.45) is 0. The van der Waals surface area contributed by atoms with Crippen LogP contribution < -0.4 is 5.73 Å². The zero-order chi connectivity index (χ0) is 15.2. The molecule has 0 aliphatic heterocycles. The maximum Gasteiger partial charge on any atom is 0.183 e. The molecule has 1 fully saturated rings. The number of nitrogens with two attached hydrogens (primary N) is 1. The lowest BCUT2D eigenvalue weighted by molar-refractivity contribution is 0.593. The van der Waals surface area contributed by atoms with Gasteiger partial charge >= 0.3 is 0 Å². The Morgan fingerprint density at radius 1 is 0.952 bits per heavy atom. The number of benzene rings is 2. The Labute approximate surface area is 133 Å². The molecule has 2 N–H and O–H groups in total. The SMILES string of the molecule is N[C@@H]1[C@@H](c2cccc(Cl)c2)[C@@H]1S(=O)(=O)c1ccc(Cl)cc1. The highest BCUT2D eigenvalue weighted by atomic mass is 35.5. The van der Waals surface area contributed by atoms with Gasteiger partial charge in [0.15, 0.2) is 9.84 Å². The van der Waals surface area contributed by atoms with Gasteiger partial charge in [-0.3, -0.25) is 0 Å².